The lowest BCUT2D eigenvalue weighted by molar-refractivity contribution is 0.103. The highest BCUT2D eigenvalue weighted by molar-refractivity contribution is 7.17. The monoisotopic (exact) mass is 320 g/mol. The molecule has 0 aromatic carbocycles. The van der Waals surface area contributed by atoms with Gasteiger partial charge in [-0.25, -0.2) is 4.98 Å². The number of thiophene rings is 2. The van der Waals surface area contributed by atoms with Crippen molar-refractivity contribution in [2.75, 3.05) is 5.32 Å². The second kappa shape index (κ2) is 5.47. The summed E-state index contributed by atoms with van der Waals surface area (Å²) in [7, 11) is 0. The third-order valence-corrected chi connectivity index (χ3v) is 5.46. The van der Waals surface area contributed by atoms with Crippen LogP contribution in [0.2, 0.25) is 0 Å². The second-order valence-electron chi connectivity index (χ2n) is 4.31. The van der Waals surface area contributed by atoms with Crippen LogP contribution in [0.5, 0.6) is 0 Å². The van der Waals surface area contributed by atoms with E-state index in [0.717, 1.165) is 15.4 Å². The van der Waals surface area contributed by atoms with Crippen molar-refractivity contribution in [3.63, 3.8) is 0 Å². The zero-order valence-electron chi connectivity index (χ0n) is 11.0. The number of nitrogens with one attached hydrogen (secondary N) is 1. The molecule has 3 rings (SSSR count). The molecule has 0 saturated carbocycles. The number of carbonyl (C=O) groups is 1. The number of aromatic nitrogens is 1. The lowest BCUT2D eigenvalue weighted by Gasteiger charge is -1.97. The number of aryl methyl sites for hydroxylation is 2. The molecular weight excluding hydrogens is 308 g/mol. The first-order valence-corrected chi connectivity index (χ1v) is 8.53. The number of thiazole rings is 1. The van der Waals surface area contributed by atoms with E-state index in [2.05, 4.69) is 29.4 Å². The Morgan fingerprint density at radius 3 is 2.50 bits per heavy atom. The van der Waals surface area contributed by atoms with Gasteiger partial charge in [-0.05, 0) is 38.1 Å². The zero-order chi connectivity index (χ0) is 14.1. The van der Waals surface area contributed by atoms with Crippen molar-refractivity contribution >= 4 is 45.0 Å². The smallest absolute Gasteiger partial charge is 0.267 e. The van der Waals surface area contributed by atoms with E-state index < -0.39 is 0 Å². The van der Waals surface area contributed by atoms with Gasteiger partial charge in [-0.2, -0.15) is 0 Å². The average molecular weight is 320 g/mol. The predicted molar refractivity (Wildman–Crippen MR) is 87.2 cm³/mol. The van der Waals surface area contributed by atoms with Crippen LogP contribution in [-0.4, -0.2) is 10.9 Å². The van der Waals surface area contributed by atoms with E-state index in [0.29, 0.717) is 10.0 Å². The Kier molecular flexibility index (Phi) is 3.69. The van der Waals surface area contributed by atoms with Crippen LogP contribution in [0.15, 0.2) is 29.6 Å². The molecule has 3 nitrogen and oxygen atoms in total. The first kappa shape index (κ1) is 13.5. The molecule has 3 aromatic rings. The number of anilines is 1. The van der Waals surface area contributed by atoms with Gasteiger partial charge in [0.2, 0.25) is 0 Å². The molecule has 20 heavy (non-hydrogen) atoms. The van der Waals surface area contributed by atoms with Crippen LogP contribution >= 0.6 is 34.0 Å². The quantitative estimate of drug-likeness (QED) is 0.753. The van der Waals surface area contributed by atoms with Gasteiger partial charge in [0.05, 0.1) is 15.4 Å². The molecule has 0 aliphatic carbocycles. The summed E-state index contributed by atoms with van der Waals surface area (Å²) in [5.41, 5.74) is 0.922. The molecule has 0 radical (unpaired) electrons. The third kappa shape index (κ3) is 2.82. The highest BCUT2D eigenvalue weighted by atomic mass is 32.1. The lowest BCUT2D eigenvalue weighted by Crippen LogP contribution is -2.09. The van der Waals surface area contributed by atoms with Crippen LogP contribution < -0.4 is 5.32 Å². The number of nitrogens with zero attached hydrogens (tertiary/aromatic N) is 1. The molecule has 0 saturated heterocycles. The molecular formula is C14H12N2OS3. The highest BCUT2D eigenvalue weighted by Gasteiger charge is 2.12. The molecule has 3 aromatic heterocycles. The van der Waals surface area contributed by atoms with E-state index in [9.17, 15) is 4.79 Å². The first-order valence-electron chi connectivity index (χ1n) is 6.02. The lowest BCUT2D eigenvalue weighted by atomic mass is 10.4. The van der Waals surface area contributed by atoms with Crippen LogP contribution in [0.3, 0.4) is 0 Å². The first-order chi connectivity index (χ1) is 9.61. The number of hydrogen-bond donors (Lipinski definition) is 1. The van der Waals surface area contributed by atoms with E-state index in [1.54, 1.807) is 11.3 Å². The molecule has 102 valence electrons. The van der Waals surface area contributed by atoms with Crippen molar-refractivity contribution in [2.45, 2.75) is 13.8 Å². The molecule has 0 bridgehead atoms. The number of hydrogen-bond acceptors (Lipinski definition) is 5. The molecule has 6 heteroatoms. The van der Waals surface area contributed by atoms with Crippen LogP contribution in [-0.2, 0) is 0 Å². The Morgan fingerprint density at radius 1 is 1.10 bits per heavy atom. The van der Waals surface area contributed by atoms with Gasteiger partial charge in [0, 0.05) is 15.1 Å². The van der Waals surface area contributed by atoms with Gasteiger partial charge < -0.3 is 0 Å². The summed E-state index contributed by atoms with van der Waals surface area (Å²) in [6.07, 6.45) is 0. The SMILES string of the molecule is Cc1ccc(C(=O)Nc2nc(-c3ccc(C)s3)cs2)s1. The van der Waals surface area contributed by atoms with Gasteiger partial charge in [0.15, 0.2) is 5.13 Å². The van der Waals surface area contributed by atoms with Crippen LogP contribution in [0.1, 0.15) is 19.4 Å². The third-order valence-electron chi connectivity index (χ3n) is 2.68. The molecule has 0 aliphatic heterocycles. The molecule has 3 heterocycles. The van der Waals surface area contributed by atoms with Gasteiger partial charge in [-0.1, -0.05) is 0 Å². The summed E-state index contributed by atoms with van der Waals surface area (Å²) >= 11 is 4.65. The van der Waals surface area contributed by atoms with Crippen molar-refractivity contribution in [1.29, 1.82) is 0 Å². The minimum absolute atomic E-state index is 0.0913. The maximum Gasteiger partial charge on any atom is 0.267 e. The van der Waals surface area contributed by atoms with Crippen molar-refractivity contribution in [3.8, 4) is 10.6 Å². The van der Waals surface area contributed by atoms with Crippen LogP contribution in [0.4, 0.5) is 5.13 Å². The minimum atomic E-state index is -0.0913. The van der Waals surface area contributed by atoms with Crippen molar-refractivity contribution in [3.05, 3.63) is 44.3 Å². The summed E-state index contributed by atoms with van der Waals surface area (Å²) in [6.45, 7) is 4.06. The summed E-state index contributed by atoms with van der Waals surface area (Å²) in [5.74, 6) is -0.0913. The summed E-state index contributed by atoms with van der Waals surface area (Å²) < 4.78 is 0. The van der Waals surface area contributed by atoms with E-state index in [1.165, 1.54) is 27.6 Å². The topological polar surface area (TPSA) is 42.0 Å². The van der Waals surface area contributed by atoms with E-state index in [1.807, 2.05) is 24.4 Å². The van der Waals surface area contributed by atoms with E-state index >= 15 is 0 Å². The van der Waals surface area contributed by atoms with Gasteiger partial charge in [-0.15, -0.1) is 34.0 Å². The zero-order valence-corrected chi connectivity index (χ0v) is 13.4. The minimum Gasteiger partial charge on any atom is -0.297 e. The average Bonchev–Trinajstić information content (AvgIpc) is 3.10. The fourth-order valence-corrected chi connectivity index (χ4v) is 4.10. The van der Waals surface area contributed by atoms with Crippen molar-refractivity contribution < 1.29 is 4.79 Å². The number of rotatable bonds is 3. The van der Waals surface area contributed by atoms with Crippen LogP contribution in [0.25, 0.3) is 10.6 Å². The largest absolute Gasteiger partial charge is 0.297 e. The van der Waals surface area contributed by atoms with Crippen molar-refractivity contribution in [2.24, 2.45) is 0 Å². The van der Waals surface area contributed by atoms with E-state index in [4.69, 9.17) is 0 Å². The molecule has 0 spiro atoms. The number of amides is 1. The van der Waals surface area contributed by atoms with Gasteiger partial charge in [0.1, 0.15) is 0 Å². The Labute approximate surface area is 128 Å². The Balaban J connectivity index is 1.76. The van der Waals surface area contributed by atoms with Gasteiger partial charge in [-0.3, -0.25) is 10.1 Å². The molecule has 0 aliphatic rings. The van der Waals surface area contributed by atoms with Gasteiger partial charge in [0.25, 0.3) is 5.91 Å². The predicted octanol–water partition coefficient (Wildman–Crippen LogP) is 4.80. The fraction of sp³-hybridized carbons (Fsp3) is 0.143. The molecule has 0 unspecified atom stereocenters. The Hall–Kier alpha value is -1.50. The summed E-state index contributed by atoms with van der Waals surface area (Å²) in [6, 6.07) is 7.92. The van der Waals surface area contributed by atoms with Gasteiger partial charge >= 0.3 is 0 Å². The second-order valence-corrected chi connectivity index (χ2v) is 7.75. The normalized spacial score (nSPS) is 10.7. The van der Waals surface area contributed by atoms with E-state index in [-0.39, 0.29) is 5.91 Å². The Bertz CT molecular complexity index is 754. The van der Waals surface area contributed by atoms with Crippen LogP contribution in [0, 0.1) is 13.8 Å². The standard InChI is InChI=1S/C14H12N2OS3/c1-8-3-5-11(19-8)10-7-18-14(15-10)16-13(17)12-6-4-9(2)20-12/h3-7H,1-2H3,(H,15,16,17). The Morgan fingerprint density at radius 2 is 1.85 bits per heavy atom. The fourth-order valence-electron chi connectivity index (χ4n) is 1.73. The summed E-state index contributed by atoms with van der Waals surface area (Å²) in [4.78, 5) is 20.7. The molecule has 1 amide bonds. The summed E-state index contributed by atoms with van der Waals surface area (Å²) in [5, 5.41) is 5.47. The molecule has 1 N–H and O–H groups in total. The maximum absolute atomic E-state index is 12.0. The van der Waals surface area contributed by atoms with Crippen molar-refractivity contribution in [1.82, 2.24) is 4.98 Å². The molecule has 0 atom stereocenters. The molecule has 0 fully saturated rings. The highest BCUT2D eigenvalue weighted by Crippen LogP contribution is 2.30. The number of carbonyl (C=O) groups excluding carboxylic acids is 1. The maximum atomic E-state index is 12.0.